The van der Waals surface area contributed by atoms with E-state index in [2.05, 4.69) is 20.8 Å². The number of anilines is 1. The van der Waals surface area contributed by atoms with Crippen molar-refractivity contribution in [3.8, 4) is 10.6 Å². The number of halogens is 2. The molecule has 0 aliphatic heterocycles. The highest BCUT2D eigenvalue weighted by molar-refractivity contribution is 7.18. The van der Waals surface area contributed by atoms with Gasteiger partial charge in [0.1, 0.15) is 16.9 Å². The monoisotopic (exact) mass is 480 g/mol. The highest BCUT2D eigenvalue weighted by Gasteiger charge is 2.24. The average Bonchev–Trinajstić information content (AvgIpc) is 3.28. The predicted octanol–water partition coefficient (Wildman–Crippen LogP) is 4.98. The van der Waals surface area contributed by atoms with Crippen molar-refractivity contribution in [2.45, 2.75) is 12.5 Å². The number of rotatable bonds is 7. The van der Waals surface area contributed by atoms with Gasteiger partial charge in [0.05, 0.1) is 5.56 Å². The van der Waals surface area contributed by atoms with Gasteiger partial charge in [-0.3, -0.25) is 14.9 Å². The second-order valence-electron chi connectivity index (χ2n) is 7.11. The fraction of sp³-hybridized carbons (Fsp3) is 0.0833. The van der Waals surface area contributed by atoms with Crippen molar-refractivity contribution in [2.75, 3.05) is 5.32 Å². The first-order valence-electron chi connectivity index (χ1n) is 9.99. The molecule has 4 rings (SSSR count). The first-order chi connectivity index (χ1) is 16.0. The summed E-state index contributed by atoms with van der Waals surface area (Å²) in [6, 6.07) is 21.0. The Morgan fingerprint density at radius 3 is 2.48 bits per heavy atom. The minimum atomic E-state index is -0.960. The Kier molecular flexibility index (Phi) is 7.07. The Bertz CT molecular complexity index is 1280. The molecule has 2 N–H and O–H groups in total. The maximum absolute atomic E-state index is 14.1. The molecule has 1 unspecified atom stereocenters. The molecule has 1 aromatic heterocycles. The summed E-state index contributed by atoms with van der Waals surface area (Å²) in [4.78, 5) is 25.7. The van der Waals surface area contributed by atoms with E-state index in [1.165, 1.54) is 29.5 Å². The summed E-state index contributed by atoms with van der Waals surface area (Å²) in [5, 5.41) is 14.9. The smallest absolute Gasteiger partial charge is 0.254 e. The summed E-state index contributed by atoms with van der Waals surface area (Å²) < 4.78 is 14.1. The largest absolute Gasteiger partial charge is 0.340 e. The number of carbonyl (C=O) groups is 2. The van der Waals surface area contributed by atoms with E-state index in [0.29, 0.717) is 10.0 Å². The molecule has 1 heterocycles. The van der Waals surface area contributed by atoms with Crippen LogP contribution in [0.3, 0.4) is 0 Å². The Morgan fingerprint density at radius 1 is 0.970 bits per heavy atom. The first kappa shape index (κ1) is 22.6. The van der Waals surface area contributed by atoms with Gasteiger partial charge in [-0.25, -0.2) is 4.39 Å². The molecule has 6 nitrogen and oxygen atoms in total. The number of hydrogen-bond donors (Lipinski definition) is 2. The van der Waals surface area contributed by atoms with Crippen molar-refractivity contribution < 1.29 is 14.0 Å². The van der Waals surface area contributed by atoms with Gasteiger partial charge in [-0.1, -0.05) is 77.5 Å². The van der Waals surface area contributed by atoms with E-state index in [1.54, 1.807) is 24.3 Å². The van der Waals surface area contributed by atoms with E-state index in [0.717, 1.165) is 11.1 Å². The van der Waals surface area contributed by atoms with Crippen LogP contribution in [-0.2, 0) is 11.2 Å². The summed E-state index contributed by atoms with van der Waals surface area (Å²) in [5.74, 6) is -1.83. The molecular weight excluding hydrogens is 463 g/mol. The zero-order valence-electron chi connectivity index (χ0n) is 17.2. The van der Waals surface area contributed by atoms with E-state index < -0.39 is 23.7 Å². The molecule has 0 bridgehead atoms. The summed E-state index contributed by atoms with van der Waals surface area (Å²) >= 11 is 7.21. The van der Waals surface area contributed by atoms with E-state index in [1.807, 2.05) is 36.4 Å². The van der Waals surface area contributed by atoms with Crippen LogP contribution in [0.15, 0.2) is 78.9 Å². The molecule has 1 atom stereocenters. The Hall–Kier alpha value is -3.62. The van der Waals surface area contributed by atoms with Crippen LogP contribution in [0, 0.1) is 5.82 Å². The molecule has 0 aliphatic carbocycles. The second-order valence-corrected chi connectivity index (χ2v) is 8.52. The van der Waals surface area contributed by atoms with Gasteiger partial charge in [0.25, 0.3) is 5.91 Å². The number of nitrogens with one attached hydrogen (secondary N) is 2. The van der Waals surface area contributed by atoms with Crippen molar-refractivity contribution in [3.05, 3.63) is 101 Å². The number of hydrogen-bond acceptors (Lipinski definition) is 5. The number of nitrogens with zero attached hydrogens (tertiary/aromatic N) is 2. The van der Waals surface area contributed by atoms with Gasteiger partial charge in [0.15, 0.2) is 0 Å². The van der Waals surface area contributed by atoms with E-state index in [-0.39, 0.29) is 17.1 Å². The lowest BCUT2D eigenvalue weighted by molar-refractivity contribution is -0.118. The minimum absolute atomic E-state index is 0.137. The van der Waals surface area contributed by atoms with Gasteiger partial charge in [0.2, 0.25) is 11.0 Å². The fourth-order valence-electron chi connectivity index (χ4n) is 3.14. The zero-order chi connectivity index (χ0) is 23.2. The van der Waals surface area contributed by atoms with Crippen LogP contribution in [0.5, 0.6) is 0 Å². The molecule has 9 heteroatoms. The Labute approximate surface area is 198 Å². The van der Waals surface area contributed by atoms with Gasteiger partial charge >= 0.3 is 0 Å². The lowest BCUT2D eigenvalue weighted by Crippen LogP contribution is -2.45. The van der Waals surface area contributed by atoms with Crippen molar-refractivity contribution in [2.24, 2.45) is 0 Å². The maximum atomic E-state index is 14.1. The lowest BCUT2D eigenvalue weighted by atomic mass is 10.0. The third-order valence-electron chi connectivity index (χ3n) is 4.75. The topological polar surface area (TPSA) is 84.0 Å². The molecule has 2 amide bonds. The van der Waals surface area contributed by atoms with Gasteiger partial charge in [-0.05, 0) is 29.8 Å². The quantitative estimate of drug-likeness (QED) is 0.391. The van der Waals surface area contributed by atoms with Gasteiger partial charge in [-0.2, -0.15) is 0 Å². The normalized spacial score (nSPS) is 11.6. The summed E-state index contributed by atoms with van der Waals surface area (Å²) in [6.07, 6.45) is 0.215. The summed E-state index contributed by atoms with van der Waals surface area (Å²) in [6.45, 7) is 0. The van der Waals surface area contributed by atoms with Crippen LogP contribution in [0.1, 0.15) is 15.9 Å². The zero-order valence-corrected chi connectivity index (χ0v) is 18.7. The standard InChI is InChI=1S/C24H18ClFN4O2S/c25-17-10-6-9-16(14-17)23-29-30-24(33-23)28-22(32)20(13-15-7-2-1-3-8-15)27-21(31)18-11-4-5-12-19(18)26/h1-12,14,20H,13H2,(H,27,31)(H,28,30,32). The number of aromatic nitrogens is 2. The number of carbonyl (C=O) groups excluding carboxylic acids is 2. The van der Waals surface area contributed by atoms with Crippen LogP contribution >= 0.6 is 22.9 Å². The van der Waals surface area contributed by atoms with Gasteiger partial charge in [-0.15, -0.1) is 10.2 Å². The van der Waals surface area contributed by atoms with Crippen molar-refractivity contribution in [1.29, 1.82) is 0 Å². The molecule has 0 saturated carbocycles. The summed E-state index contributed by atoms with van der Waals surface area (Å²) in [7, 11) is 0. The molecular formula is C24H18ClFN4O2S. The molecule has 166 valence electrons. The molecule has 4 aromatic rings. The summed E-state index contributed by atoms with van der Waals surface area (Å²) in [5.41, 5.74) is 1.47. The molecule has 0 spiro atoms. The Balaban J connectivity index is 1.53. The van der Waals surface area contributed by atoms with Crippen molar-refractivity contribution in [3.63, 3.8) is 0 Å². The van der Waals surface area contributed by atoms with Crippen LogP contribution in [0.4, 0.5) is 9.52 Å². The minimum Gasteiger partial charge on any atom is -0.340 e. The molecule has 0 fully saturated rings. The third kappa shape index (κ3) is 5.79. The Morgan fingerprint density at radius 2 is 1.73 bits per heavy atom. The number of benzene rings is 3. The van der Waals surface area contributed by atoms with Gasteiger partial charge in [0, 0.05) is 17.0 Å². The fourth-order valence-corrected chi connectivity index (χ4v) is 4.08. The van der Waals surface area contributed by atoms with Gasteiger partial charge < -0.3 is 5.32 Å². The number of amides is 2. The van der Waals surface area contributed by atoms with Crippen molar-refractivity contribution >= 4 is 39.9 Å². The van der Waals surface area contributed by atoms with Crippen LogP contribution in [-0.4, -0.2) is 28.1 Å². The van der Waals surface area contributed by atoms with Crippen LogP contribution in [0.2, 0.25) is 5.02 Å². The SMILES string of the molecule is O=C(NC(Cc1ccccc1)C(=O)Nc1nnc(-c2cccc(Cl)c2)s1)c1ccccc1F. The molecule has 0 saturated heterocycles. The van der Waals surface area contributed by atoms with Crippen LogP contribution in [0.25, 0.3) is 10.6 Å². The molecule has 0 aliphatic rings. The van der Waals surface area contributed by atoms with E-state index in [9.17, 15) is 14.0 Å². The molecule has 0 radical (unpaired) electrons. The van der Waals surface area contributed by atoms with E-state index in [4.69, 9.17) is 11.6 Å². The third-order valence-corrected chi connectivity index (χ3v) is 5.87. The molecule has 3 aromatic carbocycles. The average molecular weight is 481 g/mol. The van der Waals surface area contributed by atoms with E-state index >= 15 is 0 Å². The lowest BCUT2D eigenvalue weighted by Gasteiger charge is -2.18. The van der Waals surface area contributed by atoms with Crippen molar-refractivity contribution in [1.82, 2.24) is 15.5 Å². The first-order valence-corrected chi connectivity index (χ1v) is 11.2. The highest BCUT2D eigenvalue weighted by Crippen LogP contribution is 2.28. The maximum Gasteiger partial charge on any atom is 0.254 e. The van der Waals surface area contributed by atoms with Crippen LogP contribution < -0.4 is 10.6 Å². The highest BCUT2D eigenvalue weighted by atomic mass is 35.5. The molecule has 33 heavy (non-hydrogen) atoms. The predicted molar refractivity (Wildman–Crippen MR) is 127 cm³/mol. The second kappa shape index (κ2) is 10.3.